The smallest absolute Gasteiger partial charge is 0.274 e. The number of fused-ring (bicyclic) bond motifs is 1. The first-order chi connectivity index (χ1) is 16.9. The van der Waals surface area contributed by atoms with E-state index in [0.717, 1.165) is 24.1 Å². The second-order valence-electron chi connectivity index (χ2n) is 9.21. The highest BCUT2D eigenvalue weighted by atomic mass is 16.5. The lowest BCUT2D eigenvalue weighted by atomic mass is 9.95. The number of methoxy groups -OCH3 is 1. The summed E-state index contributed by atoms with van der Waals surface area (Å²) >= 11 is 0. The molecule has 2 aromatic rings. The van der Waals surface area contributed by atoms with Crippen LogP contribution in [0.25, 0.3) is 0 Å². The number of nitrogens with zero attached hydrogens (tertiary/aromatic N) is 5. The van der Waals surface area contributed by atoms with Gasteiger partial charge in [-0.3, -0.25) is 19.1 Å². The average Bonchev–Trinajstić information content (AvgIpc) is 3.24. The number of hydrogen-bond acceptors (Lipinski definition) is 5. The molecule has 2 aliphatic rings. The molecule has 0 radical (unpaired) electrons. The van der Waals surface area contributed by atoms with Gasteiger partial charge in [0.05, 0.1) is 19.6 Å². The predicted octanol–water partition coefficient (Wildman–Crippen LogP) is 2.35. The summed E-state index contributed by atoms with van der Waals surface area (Å²) in [6.45, 7) is 7.20. The molecular formula is C26H35N5O4. The maximum absolute atomic E-state index is 13.6. The Morgan fingerprint density at radius 2 is 1.89 bits per heavy atom. The predicted molar refractivity (Wildman–Crippen MR) is 131 cm³/mol. The van der Waals surface area contributed by atoms with Gasteiger partial charge in [-0.2, -0.15) is 5.10 Å². The molecule has 1 aromatic heterocycles. The molecule has 0 aliphatic carbocycles. The van der Waals surface area contributed by atoms with Gasteiger partial charge in [-0.25, -0.2) is 0 Å². The number of carbonyl (C=O) groups excluding carboxylic acids is 3. The third-order valence-corrected chi connectivity index (χ3v) is 7.18. The van der Waals surface area contributed by atoms with Gasteiger partial charge in [0, 0.05) is 63.0 Å². The normalized spacial score (nSPS) is 17.7. The minimum Gasteiger partial charge on any atom is -0.497 e. The van der Waals surface area contributed by atoms with E-state index in [0.29, 0.717) is 62.7 Å². The zero-order valence-electron chi connectivity index (χ0n) is 21.1. The monoisotopic (exact) mass is 481 g/mol. The van der Waals surface area contributed by atoms with Crippen LogP contribution in [0.15, 0.2) is 24.3 Å². The number of amides is 3. The number of ether oxygens (including phenoxy) is 1. The van der Waals surface area contributed by atoms with Gasteiger partial charge >= 0.3 is 0 Å². The van der Waals surface area contributed by atoms with Crippen LogP contribution >= 0.6 is 0 Å². The third-order valence-electron chi connectivity index (χ3n) is 7.18. The Labute approximate surface area is 206 Å². The van der Waals surface area contributed by atoms with Crippen molar-refractivity contribution in [1.82, 2.24) is 24.5 Å². The molecule has 9 heteroatoms. The van der Waals surface area contributed by atoms with Crippen molar-refractivity contribution in [3.05, 3.63) is 46.8 Å². The second kappa shape index (κ2) is 10.5. The van der Waals surface area contributed by atoms with E-state index in [1.807, 2.05) is 25.8 Å². The summed E-state index contributed by atoms with van der Waals surface area (Å²) in [6, 6.07) is 7.11. The summed E-state index contributed by atoms with van der Waals surface area (Å²) in [7, 11) is 3.42. The molecular weight excluding hydrogens is 446 g/mol. The van der Waals surface area contributed by atoms with Crippen LogP contribution in [-0.2, 0) is 24.8 Å². The van der Waals surface area contributed by atoms with E-state index in [1.165, 1.54) is 0 Å². The van der Waals surface area contributed by atoms with Crippen LogP contribution in [0.5, 0.6) is 5.75 Å². The van der Waals surface area contributed by atoms with Crippen molar-refractivity contribution < 1.29 is 19.1 Å². The summed E-state index contributed by atoms with van der Waals surface area (Å²) in [6.07, 6.45) is 2.21. The van der Waals surface area contributed by atoms with Crippen molar-refractivity contribution in [3.63, 3.8) is 0 Å². The lowest BCUT2D eigenvalue weighted by Crippen LogP contribution is -2.47. The van der Waals surface area contributed by atoms with Crippen molar-refractivity contribution >= 4 is 17.7 Å². The molecule has 1 saturated heterocycles. The highest BCUT2D eigenvalue weighted by molar-refractivity contribution is 5.96. The maximum atomic E-state index is 13.6. The minimum atomic E-state index is -0.182. The van der Waals surface area contributed by atoms with Gasteiger partial charge in [-0.15, -0.1) is 0 Å². The van der Waals surface area contributed by atoms with Crippen LogP contribution in [-0.4, -0.2) is 82.0 Å². The number of piperidine rings is 1. The van der Waals surface area contributed by atoms with Gasteiger partial charge in [0.15, 0.2) is 5.69 Å². The Hall–Kier alpha value is -3.36. The van der Waals surface area contributed by atoms with Crippen LogP contribution in [0.1, 0.15) is 58.8 Å². The van der Waals surface area contributed by atoms with E-state index in [1.54, 1.807) is 45.9 Å². The van der Waals surface area contributed by atoms with E-state index in [9.17, 15) is 14.4 Å². The molecule has 3 amide bonds. The fourth-order valence-corrected chi connectivity index (χ4v) is 5.18. The Kier molecular flexibility index (Phi) is 7.42. The Balaban J connectivity index is 1.53. The first kappa shape index (κ1) is 24.8. The number of benzene rings is 1. The molecule has 0 N–H and O–H groups in total. The number of likely N-dealkylation sites (tertiary alicyclic amines) is 1. The van der Waals surface area contributed by atoms with E-state index < -0.39 is 0 Å². The molecule has 1 aromatic carbocycles. The Morgan fingerprint density at radius 1 is 1.11 bits per heavy atom. The quantitative estimate of drug-likeness (QED) is 0.632. The van der Waals surface area contributed by atoms with Gasteiger partial charge in [-0.05, 0) is 44.9 Å². The van der Waals surface area contributed by atoms with Crippen molar-refractivity contribution in [2.45, 2.75) is 39.7 Å². The van der Waals surface area contributed by atoms with Crippen molar-refractivity contribution in [1.29, 1.82) is 0 Å². The van der Waals surface area contributed by atoms with E-state index in [-0.39, 0.29) is 23.6 Å². The zero-order valence-corrected chi connectivity index (χ0v) is 21.1. The number of aryl methyl sites for hydroxylation is 1. The largest absolute Gasteiger partial charge is 0.497 e. The van der Waals surface area contributed by atoms with Gasteiger partial charge in [0.1, 0.15) is 5.75 Å². The van der Waals surface area contributed by atoms with E-state index >= 15 is 0 Å². The van der Waals surface area contributed by atoms with Gasteiger partial charge in [0.2, 0.25) is 5.91 Å². The molecule has 2 aliphatic heterocycles. The lowest BCUT2D eigenvalue weighted by Gasteiger charge is -2.34. The van der Waals surface area contributed by atoms with Crippen molar-refractivity contribution in [3.8, 4) is 5.75 Å². The maximum Gasteiger partial charge on any atom is 0.274 e. The number of aromatic nitrogens is 2. The third kappa shape index (κ3) is 4.90. The molecule has 9 nitrogen and oxygen atoms in total. The molecule has 188 valence electrons. The number of carbonyl (C=O) groups is 3. The van der Waals surface area contributed by atoms with E-state index in [4.69, 9.17) is 4.74 Å². The molecule has 35 heavy (non-hydrogen) atoms. The van der Waals surface area contributed by atoms with Crippen molar-refractivity contribution in [2.24, 2.45) is 13.0 Å². The van der Waals surface area contributed by atoms with Crippen LogP contribution < -0.4 is 4.74 Å². The highest BCUT2D eigenvalue weighted by Gasteiger charge is 2.35. The molecule has 3 heterocycles. The van der Waals surface area contributed by atoms with Crippen molar-refractivity contribution in [2.75, 3.05) is 39.8 Å². The van der Waals surface area contributed by atoms with Gasteiger partial charge < -0.3 is 19.4 Å². The summed E-state index contributed by atoms with van der Waals surface area (Å²) in [4.78, 5) is 45.1. The van der Waals surface area contributed by atoms with Crippen LogP contribution in [0, 0.1) is 5.92 Å². The fraction of sp³-hybridized carbons (Fsp3) is 0.538. The average molecular weight is 482 g/mol. The van der Waals surface area contributed by atoms with Crippen LogP contribution in [0.3, 0.4) is 0 Å². The molecule has 0 bridgehead atoms. The second-order valence-corrected chi connectivity index (χ2v) is 9.21. The first-order valence-corrected chi connectivity index (χ1v) is 12.4. The number of rotatable bonds is 6. The molecule has 0 unspecified atom stereocenters. The van der Waals surface area contributed by atoms with Crippen LogP contribution in [0.4, 0.5) is 0 Å². The molecule has 1 atom stereocenters. The topological polar surface area (TPSA) is 88.0 Å². The minimum absolute atomic E-state index is 0.0975. The number of hydrogen-bond donors (Lipinski definition) is 0. The standard InChI is InChI=1S/C26H35N5O4/c1-5-29(6-2)25(33)19-10-8-13-30(16-19)26(34)23-21-17-31(14-12-22(21)28(3)27-23)24(32)18-9-7-11-20(15-18)35-4/h7,9,11,15,19H,5-6,8,10,12-14,16-17H2,1-4H3/t19-/m0/s1. The summed E-state index contributed by atoms with van der Waals surface area (Å²) in [5.74, 6) is 0.308. The molecule has 0 spiro atoms. The lowest BCUT2D eigenvalue weighted by molar-refractivity contribution is -0.136. The Morgan fingerprint density at radius 3 is 2.60 bits per heavy atom. The van der Waals surface area contributed by atoms with E-state index in [2.05, 4.69) is 5.10 Å². The highest BCUT2D eigenvalue weighted by Crippen LogP contribution is 2.27. The molecule has 1 fully saturated rings. The molecule has 4 rings (SSSR count). The fourth-order valence-electron chi connectivity index (χ4n) is 5.18. The summed E-state index contributed by atoms with van der Waals surface area (Å²) in [5.41, 5.74) is 2.73. The molecule has 0 saturated carbocycles. The van der Waals surface area contributed by atoms with Crippen LogP contribution in [0.2, 0.25) is 0 Å². The van der Waals surface area contributed by atoms with Gasteiger partial charge in [-0.1, -0.05) is 6.07 Å². The zero-order chi connectivity index (χ0) is 25.1. The van der Waals surface area contributed by atoms with Gasteiger partial charge in [0.25, 0.3) is 11.8 Å². The first-order valence-electron chi connectivity index (χ1n) is 12.4. The Bertz CT molecular complexity index is 1110. The summed E-state index contributed by atoms with van der Waals surface area (Å²) < 4.78 is 7.03. The summed E-state index contributed by atoms with van der Waals surface area (Å²) in [5, 5.41) is 4.57. The SMILES string of the molecule is CCN(CC)C(=O)[C@H]1CCCN(C(=O)c2nn(C)c3c2CN(C(=O)c2cccc(OC)c2)CC3)C1.